The monoisotopic (exact) mass is 383 g/mol. The molecule has 148 valence electrons. The first-order valence-corrected chi connectivity index (χ1v) is 9.30. The molecule has 0 bridgehead atoms. The van der Waals surface area contributed by atoms with Crippen molar-refractivity contribution in [2.75, 3.05) is 44.4 Å². The molecular formula is C21H25N3O4. The van der Waals surface area contributed by atoms with Crippen molar-refractivity contribution in [3.63, 3.8) is 0 Å². The lowest BCUT2D eigenvalue weighted by atomic mass is 10.2. The van der Waals surface area contributed by atoms with Crippen LogP contribution in [-0.2, 0) is 9.53 Å². The molecule has 0 aromatic heterocycles. The molecule has 0 atom stereocenters. The van der Waals surface area contributed by atoms with E-state index in [1.165, 1.54) is 5.69 Å². The zero-order chi connectivity index (χ0) is 19.8. The number of morpholine rings is 1. The maximum atomic E-state index is 10.9. The van der Waals surface area contributed by atoms with Crippen LogP contribution in [0.25, 0.3) is 0 Å². The number of hydrogen-bond acceptors (Lipinski definition) is 6. The van der Waals surface area contributed by atoms with Crippen LogP contribution in [0, 0.1) is 0 Å². The molecule has 0 unspecified atom stereocenters. The molecule has 1 aliphatic heterocycles. The SMILES string of the molecule is CCOc1cc(C=Nc2ccc(N3CCOCC3)cc2)ccc1OCC(N)=O. The van der Waals surface area contributed by atoms with Crippen LogP contribution < -0.4 is 20.1 Å². The summed E-state index contributed by atoms with van der Waals surface area (Å²) in [6.45, 7) is 5.52. The van der Waals surface area contributed by atoms with Crippen LogP contribution in [0.4, 0.5) is 11.4 Å². The van der Waals surface area contributed by atoms with Crippen LogP contribution in [0.15, 0.2) is 47.5 Å². The first-order chi connectivity index (χ1) is 13.7. The van der Waals surface area contributed by atoms with Crippen LogP contribution in [-0.4, -0.2) is 51.6 Å². The Labute approximate surface area is 164 Å². The van der Waals surface area contributed by atoms with Gasteiger partial charge in [-0.3, -0.25) is 9.79 Å². The normalized spacial score (nSPS) is 14.2. The van der Waals surface area contributed by atoms with E-state index in [4.69, 9.17) is 19.9 Å². The van der Waals surface area contributed by atoms with Gasteiger partial charge >= 0.3 is 0 Å². The first-order valence-electron chi connectivity index (χ1n) is 9.30. The van der Waals surface area contributed by atoms with Crippen molar-refractivity contribution in [3.8, 4) is 11.5 Å². The van der Waals surface area contributed by atoms with Crippen molar-refractivity contribution < 1.29 is 19.0 Å². The minimum atomic E-state index is -0.534. The zero-order valence-corrected chi connectivity index (χ0v) is 16.0. The number of nitrogens with zero attached hydrogens (tertiary/aromatic N) is 2. The number of ether oxygens (including phenoxy) is 3. The quantitative estimate of drug-likeness (QED) is 0.708. The van der Waals surface area contributed by atoms with Crippen molar-refractivity contribution in [2.24, 2.45) is 10.7 Å². The summed E-state index contributed by atoms with van der Waals surface area (Å²) in [6, 6.07) is 13.6. The number of carbonyl (C=O) groups excluding carboxylic acids is 1. The molecule has 2 N–H and O–H groups in total. The van der Waals surface area contributed by atoms with E-state index in [0.717, 1.165) is 37.6 Å². The lowest BCUT2D eigenvalue weighted by molar-refractivity contribution is -0.119. The number of rotatable bonds is 8. The summed E-state index contributed by atoms with van der Waals surface area (Å²) in [6.07, 6.45) is 1.77. The summed E-state index contributed by atoms with van der Waals surface area (Å²) in [5, 5.41) is 0. The lowest BCUT2D eigenvalue weighted by Gasteiger charge is -2.28. The second-order valence-electron chi connectivity index (χ2n) is 6.27. The molecule has 2 aromatic rings. The van der Waals surface area contributed by atoms with Gasteiger partial charge in [-0.25, -0.2) is 0 Å². The number of aliphatic imine (C=N–C) groups is 1. The Balaban J connectivity index is 1.68. The van der Waals surface area contributed by atoms with Crippen molar-refractivity contribution in [1.29, 1.82) is 0 Å². The molecule has 0 radical (unpaired) electrons. The molecule has 1 aliphatic rings. The predicted molar refractivity (Wildman–Crippen MR) is 109 cm³/mol. The van der Waals surface area contributed by atoms with Crippen molar-refractivity contribution in [3.05, 3.63) is 48.0 Å². The summed E-state index contributed by atoms with van der Waals surface area (Å²) >= 11 is 0. The number of benzene rings is 2. The van der Waals surface area contributed by atoms with E-state index in [0.29, 0.717) is 18.1 Å². The van der Waals surface area contributed by atoms with Gasteiger partial charge in [-0.05, 0) is 55.0 Å². The molecule has 1 saturated heterocycles. The Hall–Kier alpha value is -3.06. The number of anilines is 1. The van der Waals surface area contributed by atoms with E-state index < -0.39 is 5.91 Å². The third-order valence-electron chi connectivity index (χ3n) is 4.23. The van der Waals surface area contributed by atoms with Gasteiger partial charge in [0.1, 0.15) is 0 Å². The smallest absolute Gasteiger partial charge is 0.255 e. The molecule has 1 heterocycles. The molecule has 1 amide bonds. The maximum absolute atomic E-state index is 10.9. The van der Waals surface area contributed by atoms with Crippen LogP contribution in [0.5, 0.6) is 11.5 Å². The van der Waals surface area contributed by atoms with Crippen molar-refractivity contribution >= 4 is 23.5 Å². The van der Waals surface area contributed by atoms with E-state index in [2.05, 4.69) is 22.0 Å². The number of primary amides is 1. The lowest BCUT2D eigenvalue weighted by Crippen LogP contribution is -2.36. The van der Waals surface area contributed by atoms with Crippen LogP contribution in [0.1, 0.15) is 12.5 Å². The summed E-state index contributed by atoms with van der Waals surface area (Å²) in [7, 11) is 0. The van der Waals surface area contributed by atoms with Crippen LogP contribution in [0.2, 0.25) is 0 Å². The fraction of sp³-hybridized carbons (Fsp3) is 0.333. The van der Waals surface area contributed by atoms with Crippen molar-refractivity contribution in [1.82, 2.24) is 0 Å². The van der Waals surface area contributed by atoms with Gasteiger partial charge in [0.15, 0.2) is 18.1 Å². The van der Waals surface area contributed by atoms with Gasteiger partial charge in [0.25, 0.3) is 5.91 Å². The Bertz CT molecular complexity index is 815. The molecule has 28 heavy (non-hydrogen) atoms. The van der Waals surface area contributed by atoms with E-state index in [1.54, 1.807) is 12.3 Å². The highest BCUT2D eigenvalue weighted by Gasteiger charge is 2.11. The highest BCUT2D eigenvalue weighted by atomic mass is 16.5. The largest absolute Gasteiger partial charge is 0.490 e. The minimum Gasteiger partial charge on any atom is -0.490 e. The predicted octanol–water partition coefficient (Wildman–Crippen LogP) is 2.54. The van der Waals surface area contributed by atoms with Gasteiger partial charge in [0.2, 0.25) is 0 Å². The topological polar surface area (TPSA) is 86.4 Å². The zero-order valence-electron chi connectivity index (χ0n) is 16.0. The highest BCUT2D eigenvalue weighted by Crippen LogP contribution is 2.28. The summed E-state index contributed by atoms with van der Waals surface area (Å²) in [5.41, 5.74) is 8.04. The maximum Gasteiger partial charge on any atom is 0.255 e. The van der Waals surface area contributed by atoms with Gasteiger partial charge in [0, 0.05) is 25.0 Å². The number of hydrogen-bond donors (Lipinski definition) is 1. The van der Waals surface area contributed by atoms with Gasteiger partial charge in [-0.2, -0.15) is 0 Å². The van der Waals surface area contributed by atoms with Gasteiger partial charge < -0.3 is 24.8 Å². The fourth-order valence-corrected chi connectivity index (χ4v) is 2.86. The number of nitrogens with two attached hydrogens (primary N) is 1. The summed E-state index contributed by atoms with van der Waals surface area (Å²) in [5.74, 6) is 0.497. The van der Waals surface area contributed by atoms with Gasteiger partial charge in [0.05, 0.1) is 25.5 Å². The number of amides is 1. The molecule has 2 aromatic carbocycles. The highest BCUT2D eigenvalue weighted by molar-refractivity contribution is 5.83. The molecule has 7 heteroatoms. The Morgan fingerprint density at radius 2 is 1.89 bits per heavy atom. The molecule has 0 aliphatic carbocycles. The van der Waals surface area contributed by atoms with E-state index >= 15 is 0 Å². The minimum absolute atomic E-state index is 0.191. The third-order valence-corrected chi connectivity index (χ3v) is 4.23. The van der Waals surface area contributed by atoms with Crippen LogP contribution in [0.3, 0.4) is 0 Å². The number of carbonyl (C=O) groups is 1. The molecule has 0 saturated carbocycles. The van der Waals surface area contributed by atoms with Gasteiger partial charge in [-0.1, -0.05) is 0 Å². The molecule has 0 spiro atoms. The molecule has 3 rings (SSSR count). The molecular weight excluding hydrogens is 358 g/mol. The second kappa shape index (κ2) is 9.75. The average molecular weight is 383 g/mol. The molecule has 7 nitrogen and oxygen atoms in total. The van der Waals surface area contributed by atoms with Gasteiger partial charge in [-0.15, -0.1) is 0 Å². The Morgan fingerprint density at radius 1 is 1.14 bits per heavy atom. The second-order valence-corrected chi connectivity index (χ2v) is 6.27. The standard InChI is InChI=1S/C21H25N3O4/c1-2-27-20-13-16(3-8-19(20)28-15-21(22)25)14-23-17-4-6-18(7-5-17)24-9-11-26-12-10-24/h3-8,13-14H,2,9-12,15H2,1H3,(H2,22,25). The van der Waals surface area contributed by atoms with E-state index in [-0.39, 0.29) is 6.61 Å². The first kappa shape index (κ1) is 19.7. The Kier molecular flexibility index (Phi) is 6.86. The fourth-order valence-electron chi connectivity index (χ4n) is 2.86. The van der Waals surface area contributed by atoms with E-state index in [1.807, 2.05) is 31.2 Å². The Morgan fingerprint density at radius 3 is 2.57 bits per heavy atom. The average Bonchev–Trinajstić information content (AvgIpc) is 2.73. The molecule has 1 fully saturated rings. The van der Waals surface area contributed by atoms with Crippen molar-refractivity contribution in [2.45, 2.75) is 6.92 Å². The van der Waals surface area contributed by atoms with E-state index in [9.17, 15) is 4.79 Å². The summed E-state index contributed by atoms with van der Waals surface area (Å²) in [4.78, 5) is 17.8. The van der Waals surface area contributed by atoms with Crippen LogP contribution >= 0.6 is 0 Å². The third kappa shape index (κ3) is 5.47. The summed E-state index contributed by atoms with van der Waals surface area (Å²) < 4.78 is 16.4.